The molecule has 0 amide bonds. The summed E-state index contributed by atoms with van der Waals surface area (Å²) in [5, 5.41) is 7.23. The zero-order chi connectivity index (χ0) is 63.0. The molecule has 20 rings (SSSR count). The summed E-state index contributed by atoms with van der Waals surface area (Å²) >= 11 is 0. The lowest BCUT2D eigenvalue weighted by Crippen LogP contribution is -2.61. The second kappa shape index (κ2) is 21.5. The zero-order valence-corrected chi connectivity index (χ0v) is 52.3. The van der Waals surface area contributed by atoms with Crippen LogP contribution in [0.15, 0.2) is 352 Å². The van der Waals surface area contributed by atoms with Gasteiger partial charge in [-0.2, -0.15) is 0 Å². The van der Waals surface area contributed by atoms with Crippen LogP contribution < -0.4 is 26.2 Å². The Morgan fingerprint density at radius 2 is 0.458 bits per heavy atom. The van der Waals surface area contributed by atoms with Crippen molar-refractivity contribution in [1.82, 2.24) is 13.7 Å². The summed E-state index contributed by atoms with van der Waals surface area (Å²) in [5.41, 5.74) is 30.0. The van der Waals surface area contributed by atoms with Crippen LogP contribution in [0.25, 0.3) is 127 Å². The molecule has 5 nitrogen and oxygen atoms in total. The van der Waals surface area contributed by atoms with Crippen LogP contribution in [-0.4, -0.2) is 20.4 Å². The molecule has 2 aliphatic heterocycles. The molecule has 446 valence electrons. The number of hydrogen-bond donors (Lipinski definition) is 0. The molecule has 15 aromatic carbocycles. The Bertz CT molecular complexity index is 5600. The molecule has 0 spiro atoms. The van der Waals surface area contributed by atoms with Crippen LogP contribution in [0.3, 0.4) is 0 Å². The highest BCUT2D eigenvalue weighted by Crippen LogP contribution is 2.51. The predicted molar refractivity (Wildman–Crippen MR) is 405 cm³/mol. The summed E-state index contributed by atoms with van der Waals surface area (Å²) in [6, 6.07) is 131. The van der Waals surface area contributed by atoms with Crippen LogP contribution in [-0.2, 0) is 0 Å². The highest BCUT2D eigenvalue weighted by atomic mass is 15.2. The summed E-state index contributed by atoms with van der Waals surface area (Å²) in [6.07, 6.45) is 0. The minimum Gasteiger partial charge on any atom is -0.309 e. The van der Waals surface area contributed by atoms with Crippen molar-refractivity contribution in [2.75, 3.05) is 9.80 Å². The fraction of sp³-hybridized carbons (Fsp3) is 0. The Labute approximate surface area is 556 Å². The average Bonchev–Trinajstić information content (AvgIpc) is 0.777. The fourth-order valence-electron chi connectivity index (χ4n) is 16.2. The first-order valence-corrected chi connectivity index (χ1v) is 33.2. The van der Waals surface area contributed by atoms with E-state index >= 15 is 0 Å². The number of para-hydroxylation sites is 8. The molecule has 3 aromatic heterocycles. The van der Waals surface area contributed by atoms with Crippen molar-refractivity contribution >= 4 is 123 Å². The number of rotatable bonds is 9. The Morgan fingerprint density at radius 1 is 0.177 bits per heavy atom. The van der Waals surface area contributed by atoms with Crippen LogP contribution in [0, 0.1) is 0 Å². The topological polar surface area (TPSA) is 21.3 Å². The summed E-state index contributed by atoms with van der Waals surface area (Å²) in [4.78, 5) is 5.21. The minimum atomic E-state index is -0.122. The van der Waals surface area contributed by atoms with Gasteiger partial charge >= 0.3 is 0 Å². The van der Waals surface area contributed by atoms with Crippen molar-refractivity contribution in [3.63, 3.8) is 0 Å². The molecule has 0 saturated carbocycles. The van der Waals surface area contributed by atoms with Crippen LogP contribution >= 0.6 is 0 Å². The molecule has 0 bridgehead atoms. The Balaban J connectivity index is 0.870. The molecule has 0 radical (unpaired) electrons. The van der Waals surface area contributed by atoms with E-state index in [0.29, 0.717) is 0 Å². The van der Waals surface area contributed by atoms with E-state index in [2.05, 4.69) is 375 Å². The highest BCUT2D eigenvalue weighted by Gasteiger charge is 2.45. The number of aromatic nitrogens is 3. The van der Waals surface area contributed by atoms with Gasteiger partial charge in [-0.1, -0.05) is 243 Å². The molecule has 0 atom stereocenters. The SMILES string of the molecule is c1ccc(-c2ccc3c(c2)c2cc(-c4ccccc4)ccc2n3-c2ccccc2N2c3ccccc3B3c4ccccc4N(c4ccccc4-n4c5ccc(-c6ccccc6)cc5c5cc(-c6ccccc6)ccc54)c4cc(-n5c6ccccc6c6ccccc65)cc2c43)cc1. The average molecular weight is 1220 g/mol. The van der Waals surface area contributed by atoms with Crippen molar-refractivity contribution in [1.29, 1.82) is 0 Å². The van der Waals surface area contributed by atoms with Gasteiger partial charge in [0.05, 0.1) is 61.5 Å². The predicted octanol–water partition coefficient (Wildman–Crippen LogP) is 21.7. The Kier molecular flexibility index (Phi) is 12.1. The van der Waals surface area contributed by atoms with E-state index in [0.717, 1.165) is 84.3 Å². The van der Waals surface area contributed by atoms with Crippen molar-refractivity contribution in [3.8, 4) is 61.6 Å². The maximum Gasteiger partial charge on any atom is 0.252 e. The molecule has 18 aromatic rings. The second-order valence-electron chi connectivity index (χ2n) is 25.5. The first-order valence-electron chi connectivity index (χ1n) is 33.2. The quantitative estimate of drug-likeness (QED) is 0.134. The van der Waals surface area contributed by atoms with Gasteiger partial charge in [-0.15, -0.1) is 0 Å². The number of hydrogen-bond acceptors (Lipinski definition) is 2. The number of benzene rings is 15. The van der Waals surface area contributed by atoms with E-state index in [1.807, 2.05) is 0 Å². The number of anilines is 6. The summed E-state index contributed by atoms with van der Waals surface area (Å²) in [6.45, 7) is -0.122. The molecule has 0 N–H and O–H groups in total. The van der Waals surface area contributed by atoms with E-state index in [4.69, 9.17) is 0 Å². The molecular formula is C90H58BN5. The third-order valence-electron chi connectivity index (χ3n) is 20.4. The van der Waals surface area contributed by atoms with Gasteiger partial charge in [0.1, 0.15) is 0 Å². The van der Waals surface area contributed by atoms with Crippen molar-refractivity contribution in [2.45, 2.75) is 0 Å². The zero-order valence-electron chi connectivity index (χ0n) is 52.3. The maximum absolute atomic E-state index is 2.60. The molecule has 6 heteroatoms. The van der Waals surface area contributed by atoms with Gasteiger partial charge < -0.3 is 23.5 Å². The summed E-state index contributed by atoms with van der Waals surface area (Å²) in [5.74, 6) is 0. The van der Waals surface area contributed by atoms with Crippen molar-refractivity contribution in [3.05, 3.63) is 352 Å². The fourth-order valence-corrected chi connectivity index (χ4v) is 16.2. The maximum atomic E-state index is 2.60. The Hall–Kier alpha value is -12.6. The molecule has 0 fully saturated rings. The highest BCUT2D eigenvalue weighted by molar-refractivity contribution is 7.00. The van der Waals surface area contributed by atoms with E-state index < -0.39 is 0 Å². The monoisotopic (exact) mass is 1220 g/mol. The summed E-state index contributed by atoms with van der Waals surface area (Å²) < 4.78 is 7.56. The third kappa shape index (κ3) is 8.19. The smallest absolute Gasteiger partial charge is 0.252 e. The van der Waals surface area contributed by atoms with E-state index in [9.17, 15) is 0 Å². The lowest BCUT2D eigenvalue weighted by atomic mass is 9.33. The van der Waals surface area contributed by atoms with E-state index in [1.54, 1.807) is 0 Å². The summed E-state index contributed by atoms with van der Waals surface area (Å²) in [7, 11) is 0. The third-order valence-corrected chi connectivity index (χ3v) is 20.4. The van der Waals surface area contributed by atoms with Gasteiger partial charge in [-0.3, -0.25) is 0 Å². The van der Waals surface area contributed by atoms with Crippen LogP contribution in [0.2, 0.25) is 0 Å². The van der Waals surface area contributed by atoms with Gasteiger partial charge in [-0.05, 0) is 170 Å². The second-order valence-corrected chi connectivity index (χ2v) is 25.5. The lowest BCUT2D eigenvalue weighted by molar-refractivity contribution is 1.13. The van der Waals surface area contributed by atoms with Gasteiger partial charge in [0, 0.05) is 55.1 Å². The van der Waals surface area contributed by atoms with Gasteiger partial charge in [0.25, 0.3) is 6.71 Å². The van der Waals surface area contributed by atoms with Gasteiger partial charge in [0.15, 0.2) is 0 Å². The van der Waals surface area contributed by atoms with Crippen molar-refractivity contribution < 1.29 is 0 Å². The van der Waals surface area contributed by atoms with Crippen LogP contribution in [0.1, 0.15) is 0 Å². The lowest BCUT2D eigenvalue weighted by Gasteiger charge is -2.45. The molecule has 0 aliphatic carbocycles. The van der Waals surface area contributed by atoms with E-state index in [1.165, 1.54) is 93.2 Å². The first-order chi connectivity index (χ1) is 47.7. The molecule has 0 unspecified atom stereocenters. The van der Waals surface area contributed by atoms with E-state index in [-0.39, 0.29) is 6.71 Å². The molecule has 96 heavy (non-hydrogen) atoms. The Morgan fingerprint density at radius 3 is 0.812 bits per heavy atom. The molecular weight excluding hydrogens is 1160 g/mol. The van der Waals surface area contributed by atoms with Crippen molar-refractivity contribution in [2.24, 2.45) is 0 Å². The standard InChI is InChI=1S/C90H58BN5/c1-5-25-59(26-6-1)63-45-49-78-70(53-63)71-54-64(60-27-7-2-8-28-60)46-50-79(71)93(78)84-41-21-23-43-86(84)95-82-39-19-15-35-74(82)91-75-36-16-20-40-83(75)96(89-58-67(57-88(95)90(89)91)92-76-37-17-13-33-68(76)69-34-14-18-38-77(69)92)87-44-24-22-42-85(87)94-80-51-47-65(61-29-9-3-10-30-61)55-72(80)73-56-66(48-52-81(73)94)62-31-11-4-12-32-62/h1-58H. The molecule has 0 saturated heterocycles. The van der Waals surface area contributed by atoms with Gasteiger partial charge in [-0.25, -0.2) is 0 Å². The first kappa shape index (κ1) is 54.0. The van der Waals surface area contributed by atoms with Crippen LogP contribution in [0.4, 0.5) is 34.1 Å². The normalized spacial score (nSPS) is 12.5. The van der Waals surface area contributed by atoms with Crippen LogP contribution in [0.5, 0.6) is 0 Å². The van der Waals surface area contributed by atoms with Gasteiger partial charge in [0.2, 0.25) is 0 Å². The number of nitrogens with zero attached hydrogens (tertiary/aromatic N) is 5. The molecule has 5 heterocycles. The largest absolute Gasteiger partial charge is 0.309 e. The minimum absolute atomic E-state index is 0.122. The number of fused-ring (bicyclic) bond motifs is 13. The molecule has 2 aliphatic rings.